The normalized spacial score (nSPS) is 11.6. The van der Waals surface area contributed by atoms with Gasteiger partial charge < -0.3 is 4.42 Å². The quantitative estimate of drug-likeness (QED) is 0.184. The molecule has 0 saturated carbocycles. The topological polar surface area (TPSA) is 64.7 Å². The second-order valence-corrected chi connectivity index (χ2v) is 13.2. The molecule has 0 aliphatic carbocycles. The van der Waals surface area contributed by atoms with Gasteiger partial charge in [0.25, 0.3) is 0 Å². The third-order valence-electron chi connectivity index (χ3n) is 9.17. The highest BCUT2D eigenvalue weighted by molar-refractivity contribution is 7.22. The van der Waals surface area contributed by atoms with Gasteiger partial charge in [0.1, 0.15) is 16.2 Å². The van der Waals surface area contributed by atoms with Crippen LogP contribution in [0.3, 0.4) is 0 Å². The molecule has 0 atom stereocenters. The Morgan fingerprint density at radius 2 is 1.06 bits per heavy atom. The molecule has 0 saturated heterocycles. The van der Waals surface area contributed by atoms with Crippen molar-refractivity contribution in [1.29, 1.82) is 0 Å². The minimum atomic E-state index is 0.575. The average Bonchev–Trinajstić information content (AvgIpc) is 3.79. The molecule has 10 rings (SSSR count). The molecule has 6 heteroatoms. The fourth-order valence-corrected chi connectivity index (χ4v) is 7.98. The van der Waals surface area contributed by atoms with E-state index in [1.54, 1.807) is 11.3 Å². The van der Waals surface area contributed by atoms with Gasteiger partial charge in [-0.1, -0.05) is 140 Å². The Kier molecular flexibility index (Phi) is 6.60. The third kappa shape index (κ3) is 4.69. The van der Waals surface area contributed by atoms with Crippen molar-refractivity contribution in [2.45, 2.75) is 0 Å². The Labute approximate surface area is 291 Å². The SMILES string of the molecule is c1ccc(-c2nc(-c3ccc4ccccc4c3-c3ccccc3)nc(-c3c4sc(-c5ccccc5)nc4cc4oc5ccccc5c34)n2)cc1. The van der Waals surface area contributed by atoms with E-state index in [4.69, 9.17) is 24.4 Å². The summed E-state index contributed by atoms with van der Waals surface area (Å²) >= 11 is 1.65. The molecule has 0 bridgehead atoms. The van der Waals surface area contributed by atoms with Crippen LogP contribution < -0.4 is 0 Å². The van der Waals surface area contributed by atoms with Gasteiger partial charge in [-0.3, -0.25) is 0 Å². The first-order chi connectivity index (χ1) is 24.8. The van der Waals surface area contributed by atoms with Crippen LogP contribution in [0.2, 0.25) is 0 Å². The van der Waals surface area contributed by atoms with Crippen molar-refractivity contribution < 1.29 is 4.42 Å². The largest absolute Gasteiger partial charge is 0.456 e. The van der Waals surface area contributed by atoms with Gasteiger partial charge in [0, 0.05) is 39.1 Å². The zero-order chi connectivity index (χ0) is 33.0. The summed E-state index contributed by atoms with van der Waals surface area (Å²) in [4.78, 5) is 20.9. The molecule has 10 aromatic rings. The molecule has 5 nitrogen and oxygen atoms in total. The average molecular weight is 659 g/mol. The Balaban J connectivity index is 1.33. The number of hydrogen-bond donors (Lipinski definition) is 0. The van der Waals surface area contributed by atoms with E-state index in [1.165, 1.54) is 0 Å². The lowest BCUT2D eigenvalue weighted by molar-refractivity contribution is 0.669. The summed E-state index contributed by atoms with van der Waals surface area (Å²) < 4.78 is 7.49. The Morgan fingerprint density at radius 3 is 1.84 bits per heavy atom. The van der Waals surface area contributed by atoms with Crippen LogP contribution in [-0.4, -0.2) is 19.9 Å². The first-order valence-corrected chi connectivity index (χ1v) is 17.3. The number of para-hydroxylation sites is 1. The maximum atomic E-state index is 6.49. The van der Waals surface area contributed by atoms with Crippen LogP contribution in [0.4, 0.5) is 0 Å². The molecular weight excluding hydrogens is 633 g/mol. The summed E-state index contributed by atoms with van der Waals surface area (Å²) in [5, 5.41) is 5.20. The van der Waals surface area contributed by atoms with E-state index in [-0.39, 0.29) is 0 Å². The molecule has 0 radical (unpaired) electrons. The van der Waals surface area contributed by atoms with Crippen molar-refractivity contribution in [3.05, 3.63) is 158 Å². The van der Waals surface area contributed by atoms with Crippen molar-refractivity contribution in [2.24, 2.45) is 0 Å². The van der Waals surface area contributed by atoms with E-state index >= 15 is 0 Å². The predicted octanol–water partition coefficient (Wildman–Crippen LogP) is 11.9. The highest BCUT2D eigenvalue weighted by Crippen LogP contribution is 2.45. The molecule has 3 aromatic heterocycles. The lowest BCUT2D eigenvalue weighted by atomic mass is 9.93. The number of thiazole rings is 1. The lowest BCUT2D eigenvalue weighted by Crippen LogP contribution is -2.02. The summed E-state index contributed by atoms with van der Waals surface area (Å²) in [5.74, 6) is 1.78. The lowest BCUT2D eigenvalue weighted by Gasteiger charge is -2.15. The molecule has 0 aliphatic heterocycles. The number of fused-ring (bicyclic) bond motifs is 5. The van der Waals surface area contributed by atoms with Crippen LogP contribution in [0.1, 0.15) is 0 Å². The Hall–Kier alpha value is -6.50. The molecule has 0 amide bonds. The number of benzene rings is 7. The number of rotatable bonds is 5. The molecule has 0 aliphatic rings. The summed E-state index contributed by atoms with van der Waals surface area (Å²) in [5.41, 5.74) is 8.38. The monoisotopic (exact) mass is 658 g/mol. The maximum Gasteiger partial charge on any atom is 0.166 e. The van der Waals surface area contributed by atoms with E-state index in [0.717, 1.165) is 81.3 Å². The predicted molar refractivity (Wildman–Crippen MR) is 205 cm³/mol. The molecule has 3 heterocycles. The van der Waals surface area contributed by atoms with Crippen LogP contribution in [0.5, 0.6) is 0 Å². The first-order valence-electron chi connectivity index (χ1n) is 16.5. The highest BCUT2D eigenvalue weighted by Gasteiger charge is 2.24. The molecule has 7 aromatic carbocycles. The van der Waals surface area contributed by atoms with Gasteiger partial charge >= 0.3 is 0 Å². The van der Waals surface area contributed by atoms with Crippen molar-refractivity contribution >= 4 is 54.3 Å². The van der Waals surface area contributed by atoms with Crippen LogP contribution in [0.25, 0.3) is 98.8 Å². The van der Waals surface area contributed by atoms with Gasteiger partial charge in [-0.25, -0.2) is 19.9 Å². The maximum absolute atomic E-state index is 6.49. The number of aromatic nitrogens is 4. The van der Waals surface area contributed by atoms with Crippen molar-refractivity contribution in [2.75, 3.05) is 0 Å². The second-order valence-electron chi connectivity index (χ2n) is 12.2. The van der Waals surface area contributed by atoms with E-state index < -0.39 is 0 Å². The van der Waals surface area contributed by atoms with Crippen LogP contribution in [-0.2, 0) is 0 Å². The van der Waals surface area contributed by atoms with Crippen LogP contribution >= 0.6 is 11.3 Å². The van der Waals surface area contributed by atoms with Crippen molar-refractivity contribution in [3.8, 4) is 55.9 Å². The Bertz CT molecular complexity index is 2860. The van der Waals surface area contributed by atoms with Gasteiger partial charge in [-0.05, 0) is 28.5 Å². The van der Waals surface area contributed by atoms with Crippen LogP contribution in [0, 0.1) is 0 Å². The molecule has 0 spiro atoms. The molecule has 234 valence electrons. The first kappa shape index (κ1) is 28.5. The fourth-order valence-electron chi connectivity index (χ4n) is 6.89. The van der Waals surface area contributed by atoms with Gasteiger partial charge in [0.2, 0.25) is 0 Å². The Morgan fingerprint density at radius 1 is 0.440 bits per heavy atom. The van der Waals surface area contributed by atoms with Gasteiger partial charge in [0.15, 0.2) is 17.5 Å². The number of hydrogen-bond acceptors (Lipinski definition) is 6. The minimum absolute atomic E-state index is 0.575. The molecule has 50 heavy (non-hydrogen) atoms. The summed E-state index contributed by atoms with van der Waals surface area (Å²) in [6.45, 7) is 0. The van der Waals surface area contributed by atoms with Crippen molar-refractivity contribution in [3.63, 3.8) is 0 Å². The van der Waals surface area contributed by atoms with Gasteiger partial charge in [-0.2, -0.15) is 0 Å². The summed E-state index contributed by atoms with van der Waals surface area (Å²) in [6, 6.07) is 53.9. The van der Waals surface area contributed by atoms with Gasteiger partial charge in [0.05, 0.1) is 15.8 Å². The zero-order valence-corrected chi connectivity index (χ0v) is 27.4. The summed E-state index contributed by atoms with van der Waals surface area (Å²) in [7, 11) is 0. The van der Waals surface area contributed by atoms with E-state index in [2.05, 4.69) is 78.9 Å². The van der Waals surface area contributed by atoms with Gasteiger partial charge in [-0.15, -0.1) is 11.3 Å². The molecule has 0 unspecified atom stereocenters. The number of furan rings is 1. The molecular formula is C44H26N4OS. The van der Waals surface area contributed by atoms with E-state index in [0.29, 0.717) is 17.5 Å². The standard InChI is InChI=1S/C44H26N4OS/c1-4-15-28(16-5-1)37-31-21-11-10-14-27(31)24-25-33(37)42-46-41(29-17-6-2-7-18-29)47-43(48-42)39-38-32-22-12-13-23-35(32)49-36(38)26-34-40(39)50-44(45-34)30-19-8-3-9-20-30/h1-26H. The highest BCUT2D eigenvalue weighted by atomic mass is 32.1. The second kappa shape index (κ2) is 11.6. The van der Waals surface area contributed by atoms with E-state index in [9.17, 15) is 0 Å². The molecule has 0 fully saturated rings. The van der Waals surface area contributed by atoms with Crippen LogP contribution in [0.15, 0.2) is 162 Å². The minimum Gasteiger partial charge on any atom is -0.456 e. The fraction of sp³-hybridized carbons (Fsp3) is 0. The number of nitrogens with zero attached hydrogens (tertiary/aromatic N) is 4. The third-order valence-corrected chi connectivity index (χ3v) is 10.3. The van der Waals surface area contributed by atoms with E-state index in [1.807, 2.05) is 78.9 Å². The molecule has 0 N–H and O–H groups in total. The van der Waals surface area contributed by atoms with Crippen molar-refractivity contribution in [1.82, 2.24) is 19.9 Å². The summed E-state index contributed by atoms with van der Waals surface area (Å²) in [6.07, 6.45) is 0. The zero-order valence-electron chi connectivity index (χ0n) is 26.6. The smallest absolute Gasteiger partial charge is 0.166 e.